The van der Waals surface area contributed by atoms with Crippen molar-refractivity contribution in [2.24, 2.45) is 0 Å². The minimum Gasteiger partial charge on any atom is -0.477 e. The Kier molecular flexibility index (Phi) is 3.80. The van der Waals surface area contributed by atoms with E-state index < -0.39 is 5.97 Å². The number of aromatic nitrogens is 2. The molecule has 0 aliphatic carbocycles. The molecule has 0 aliphatic rings. The second-order valence-electron chi connectivity index (χ2n) is 4.07. The molecular formula is C13H12BrN3O2. The van der Waals surface area contributed by atoms with Crippen LogP contribution in [0.2, 0.25) is 0 Å². The molecule has 0 amide bonds. The molecule has 0 spiro atoms. The van der Waals surface area contributed by atoms with E-state index in [0.29, 0.717) is 11.6 Å². The van der Waals surface area contributed by atoms with Crippen LogP contribution >= 0.6 is 15.9 Å². The predicted molar refractivity (Wildman–Crippen MR) is 75.9 cm³/mol. The van der Waals surface area contributed by atoms with Crippen LogP contribution in [0.25, 0.3) is 0 Å². The van der Waals surface area contributed by atoms with Gasteiger partial charge in [-0.1, -0.05) is 22.0 Å². The Bertz CT molecular complexity index is 644. The summed E-state index contributed by atoms with van der Waals surface area (Å²) >= 11 is 3.38. The van der Waals surface area contributed by atoms with Gasteiger partial charge >= 0.3 is 5.97 Å². The van der Waals surface area contributed by atoms with Gasteiger partial charge in [0.2, 0.25) is 0 Å². The lowest BCUT2D eigenvalue weighted by molar-refractivity contribution is 0.0697. The van der Waals surface area contributed by atoms with E-state index in [0.717, 1.165) is 15.7 Å². The summed E-state index contributed by atoms with van der Waals surface area (Å²) in [4.78, 5) is 19.2. The van der Waals surface area contributed by atoms with Crippen LogP contribution in [-0.2, 0) is 0 Å². The molecule has 2 aromatic rings. The van der Waals surface area contributed by atoms with Gasteiger partial charge in [-0.3, -0.25) is 0 Å². The topological polar surface area (TPSA) is 75.1 Å². The summed E-state index contributed by atoms with van der Waals surface area (Å²) in [5, 5.41) is 12.2. The summed E-state index contributed by atoms with van der Waals surface area (Å²) in [5.41, 5.74) is 1.84. The van der Waals surface area contributed by atoms with E-state index in [-0.39, 0.29) is 5.56 Å². The maximum absolute atomic E-state index is 11.1. The zero-order valence-corrected chi connectivity index (χ0v) is 12.0. The van der Waals surface area contributed by atoms with Crippen LogP contribution in [0.5, 0.6) is 0 Å². The van der Waals surface area contributed by atoms with Gasteiger partial charge in [0.1, 0.15) is 17.2 Å². The van der Waals surface area contributed by atoms with E-state index in [9.17, 15) is 4.79 Å². The average molecular weight is 322 g/mol. The Morgan fingerprint density at radius 2 is 2.11 bits per heavy atom. The van der Waals surface area contributed by atoms with Crippen molar-refractivity contribution in [3.05, 3.63) is 45.8 Å². The molecule has 0 atom stereocenters. The molecular weight excluding hydrogens is 310 g/mol. The first-order valence-electron chi connectivity index (χ1n) is 5.57. The first-order chi connectivity index (χ1) is 8.97. The molecule has 0 bridgehead atoms. The summed E-state index contributed by atoms with van der Waals surface area (Å²) in [6, 6.07) is 5.73. The number of hydrogen-bond acceptors (Lipinski definition) is 4. The van der Waals surface area contributed by atoms with Gasteiger partial charge in [0.25, 0.3) is 0 Å². The molecule has 0 saturated heterocycles. The van der Waals surface area contributed by atoms with E-state index >= 15 is 0 Å². The van der Waals surface area contributed by atoms with Gasteiger partial charge in [-0.2, -0.15) is 0 Å². The largest absolute Gasteiger partial charge is 0.477 e. The smallest absolute Gasteiger partial charge is 0.341 e. The quantitative estimate of drug-likeness (QED) is 0.907. The molecule has 0 unspecified atom stereocenters. The number of aryl methyl sites for hydroxylation is 2. The van der Waals surface area contributed by atoms with Gasteiger partial charge in [0.15, 0.2) is 0 Å². The van der Waals surface area contributed by atoms with E-state index in [4.69, 9.17) is 5.11 Å². The minimum atomic E-state index is -1.06. The van der Waals surface area contributed by atoms with Crippen LogP contribution in [0.4, 0.5) is 11.5 Å². The van der Waals surface area contributed by atoms with E-state index in [1.54, 1.807) is 6.92 Å². The number of rotatable bonds is 3. The molecule has 1 aromatic carbocycles. The van der Waals surface area contributed by atoms with Crippen molar-refractivity contribution < 1.29 is 9.90 Å². The van der Waals surface area contributed by atoms with Gasteiger partial charge in [-0.05, 0) is 31.5 Å². The number of aromatic carboxylic acids is 1. The number of benzene rings is 1. The standard InChI is InChI=1S/C13H12BrN3O2/c1-7-3-4-9(14)5-11(7)17-12-10(13(18)19)6-15-8(2)16-12/h3-6H,1-2H3,(H,18,19)(H,15,16,17). The Morgan fingerprint density at radius 3 is 2.79 bits per heavy atom. The molecule has 1 aromatic heterocycles. The molecule has 0 fully saturated rings. The molecule has 0 radical (unpaired) electrons. The zero-order chi connectivity index (χ0) is 14.0. The second-order valence-corrected chi connectivity index (χ2v) is 4.98. The Labute approximate surface area is 118 Å². The highest BCUT2D eigenvalue weighted by Crippen LogP contribution is 2.25. The summed E-state index contributed by atoms with van der Waals surface area (Å²) in [6.45, 7) is 3.65. The highest BCUT2D eigenvalue weighted by atomic mass is 79.9. The average Bonchev–Trinajstić information content (AvgIpc) is 2.33. The number of hydrogen-bond donors (Lipinski definition) is 2. The fourth-order valence-corrected chi connectivity index (χ4v) is 1.94. The van der Waals surface area contributed by atoms with Gasteiger partial charge in [-0.15, -0.1) is 0 Å². The Balaban J connectivity index is 2.45. The first-order valence-corrected chi connectivity index (χ1v) is 6.37. The third-order valence-electron chi connectivity index (χ3n) is 2.59. The maximum atomic E-state index is 11.1. The summed E-state index contributed by atoms with van der Waals surface area (Å²) in [7, 11) is 0. The summed E-state index contributed by atoms with van der Waals surface area (Å²) < 4.78 is 0.906. The lowest BCUT2D eigenvalue weighted by atomic mass is 10.2. The number of halogens is 1. The molecule has 98 valence electrons. The van der Waals surface area contributed by atoms with Crippen molar-refractivity contribution in [3.8, 4) is 0 Å². The van der Waals surface area contributed by atoms with Crippen LogP contribution in [0.15, 0.2) is 28.9 Å². The number of carbonyl (C=O) groups is 1. The van der Waals surface area contributed by atoms with Gasteiger partial charge < -0.3 is 10.4 Å². The lowest BCUT2D eigenvalue weighted by Gasteiger charge is -2.11. The fourth-order valence-electron chi connectivity index (χ4n) is 1.58. The van der Waals surface area contributed by atoms with Crippen molar-refractivity contribution in [2.75, 3.05) is 5.32 Å². The Morgan fingerprint density at radius 1 is 1.37 bits per heavy atom. The van der Waals surface area contributed by atoms with Crippen molar-refractivity contribution >= 4 is 33.4 Å². The van der Waals surface area contributed by atoms with Crippen LogP contribution in [0.1, 0.15) is 21.7 Å². The number of anilines is 2. The summed E-state index contributed by atoms with van der Waals surface area (Å²) in [6.07, 6.45) is 1.31. The van der Waals surface area contributed by atoms with Crippen LogP contribution in [-0.4, -0.2) is 21.0 Å². The monoisotopic (exact) mass is 321 g/mol. The predicted octanol–water partition coefficient (Wildman–Crippen LogP) is 3.30. The highest BCUT2D eigenvalue weighted by Gasteiger charge is 2.13. The number of nitrogens with zero attached hydrogens (tertiary/aromatic N) is 2. The van der Waals surface area contributed by atoms with Gasteiger partial charge in [0.05, 0.1) is 0 Å². The van der Waals surface area contributed by atoms with Crippen LogP contribution < -0.4 is 5.32 Å². The van der Waals surface area contributed by atoms with Crippen LogP contribution in [0.3, 0.4) is 0 Å². The molecule has 0 aliphatic heterocycles. The SMILES string of the molecule is Cc1ncc(C(=O)O)c(Nc2cc(Br)ccc2C)n1. The van der Waals surface area contributed by atoms with E-state index in [2.05, 4.69) is 31.2 Å². The van der Waals surface area contributed by atoms with E-state index in [1.165, 1.54) is 6.20 Å². The van der Waals surface area contributed by atoms with Crippen molar-refractivity contribution in [2.45, 2.75) is 13.8 Å². The van der Waals surface area contributed by atoms with Crippen molar-refractivity contribution in [1.29, 1.82) is 0 Å². The molecule has 6 heteroatoms. The Hall–Kier alpha value is -1.95. The zero-order valence-electron chi connectivity index (χ0n) is 10.4. The molecule has 2 N–H and O–H groups in total. The molecule has 5 nitrogen and oxygen atoms in total. The van der Waals surface area contributed by atoms with Crippen molar-refractivity contribution in [3.63, 3.8) is 0 Å². The minimum absolute atomic E-state index is 0.0463. The molecule has 2 rings (SSSR count). The van der Waals surface area contributed by atoms with E-state index in [1.807, 2.05) is 25.1 Å². The number of nitrogens with one attached hydrogen (secondary N) is 1. The normalized spacial score (nSPS) is 10.3. The van der Waals surface area contributed by atoms with Crippen molar-refractivity contribution in [1.82, 2.24) is 9.97 Å². The first kappa shape index (κ1) is 13.5. The number of carboxylic acids is 1. The van der Waals surface area contributed by atoms with Crippen LogP contribution in [0, 0.1) is 13.8 Å². The molecule has 0 saturated carbocycles. The molecule has 19 heavy (non-hydrogen) atoms. The third kappa shape index (κ3) is 3.08. The lowest BCUT2D eigenvalue weighted by Crippen LogP contribution is -2.07. The molecule has 1 heterocycles. The third-order valence-corrected chi connectivity index (χ3v) is 3.09. The highest BCUT2D eigenvalue weighted by molar-refractivity contribution is 9.10. The maximum Gasteiger partial charge on any atom is 0.341 e. The number of carboxylic acid groups (broad SMARTS) is 1. The van der Waals surface area contributed by atoms with Gasteiger partial charge in [0, 0.05) is 16.4 Å². The van der Waals surface area contributed by atoms with Gasteiger partial charge in [-0.25, -0.2) is 14.8 Å². The fraction of sp³-hybridized carbons (Fsp3) is 0.154. The summed E-state index contributed by atoms with van der Waals surface area (Å²) in [5.74, 6) is -0.253. The second kappa shape index (κ2) is 5.36.